The second kappa shape index (κ2) is 6.94. The molecule has 1 N–H and O–H groups in total. The molecule has 1 aromatic heterocycles. The highest BCUT2D eigenvalue weighted by molar-refractivity contribution is 7.99. The maximum atomic E-state index is 6.15. The molecule has 0 saturated heterocycles. The van der Waals surface area contributed by atoms with Crippen LogP contribution in [-0.4, -0.2) is 11.5 Å². The van der Waals surface area contributed by atoms with Crippen molar-refractivity contribution in [3.63, 3.8) is 0 Å². The molecule has 0 amide bonds. The summed E-state index contributed by atoms with van der Waals surface area (Å²) in [5.41, 5.74) is 1.06. The molecule has 0 aliphatic carbocycles. The zero-order chi connectivity index (χ0) is 13.7. The molecule has 2 rings (SSSR count). The minimum Gasteiger partial charge on any atom is -0.309 e. The zero-order valence-electron chi connectivity index (χ0n) is 11.1. The van der Waals surface area contributed by atoms with E-state index in [1.54, 1.807) is 11.8 Å². The molecule has 1 atom stereocenters. The highest BCUT2D eigenvalue weighted by Gasteiger charge is 2.06. The van der Waals surface area contributed by atoms with E-state index < -0.39 is 0 Å². The van der Waals surface area contributed by atoms with Crippen LogP contribution in [0.15, 0.2) is 52.4 Å². The lowest BCUT2D eigenvalue weighted by Gasteiger charge is -2.12. The lowest BCUT2D eigenvalue weighted by atomic mass is 10.2. The van der Waals surface area contributed by atoms with Crippen LogP contribution in [0.25, 0.3) is 0 Å². The molecule has 2 nitrogen and oxygen atoms in total. The SMILES string of the molecule is CCNC(C)c1ccc(Sc2ccccc2Cl)cn1. The number of pyridine rings is 1. The molecule has 0 fully saturated rings. The monoisotopic (exact) mass is 292 g/mol. The van der Waals surface area contributed by atoms with E-state index >= 15 is 0 Å². The van der Waals surface area contributed by atoms with Gasteiger partial charge in [0.1, 0.15) is 0 Å². The Morgan fingerprint density at radius 1 is 1.26 bits per heavy atom. The lowest BCUT2D eigenvalue weighted by Crippen LogP contribution is -2.18. The third kappa shape index (κ3) is 3.96. The summed E-state index contributed by atoms with van der Waals surface area (Å²) in [5, 5.41) is 4.13. The van der Waals surface area contributed by atoms with E-state index in [9.17, 15) is 0 Å². The van der Waals surface area contributed by atoms with Crippen LogP contribution in [0.1, 0.15) is 25.6 Å². The van der Waals surface area contributed by atoms with Crippen molar-refractivity contribution < 1.29 is 0 Å². The topological polar surface area (TPSA) is 24.9 Å². The fourth-order valence-electron chi connectivity index (χ4n) is 1.77. The molecule has 0 spiro atoms. The van der Waals surface area contributed by atoms with Crippen molar-refractivity contribution >= 4 is 23.4 Å². The average Bonchev–Trinajstić information content (AvgIpc) is 2.42. The van der Waals surface area contributed by atoms with E-state index in [4.69, 9.17) is 11.6 Å². The van der Waals surface area contributed by atoms with Crippen LogP contribution in [0, 0.1) is 0 Å². The van der Waals surface area contributed by atoms with Crippen LogP contribution >= 0.6 is 23.4 Å². The molecule has 0 radical (unpaired) electrons. The van der Waals surface area contributed by atoms with Gasteiger partial charge in [-0.1, -0.05) is 42.4 Å². The predicted octanol–water partition coefficient (Wildman–Crippen LogP) is 4.56. The molecule has 0 aliphatic rings. The smallest absolute Gasteiger partial charge is 0.0571 e. The number of hydrogen-bond donors (Lipinski definition) is 1. The van der Waals surface area contributed by atoms with Gasteiger partial charge >= 0.3 is 0 Å². The molecule has 100 valence electrons. The Labute approximate surface area is 123 Å². The normalized spacial score (nSPS) is 12.4. The highest BCUT2D eigenvalue weighted by atomic mass is 35.5. The van der Waals surface area contributed by atoms with Gasteiger partial charge in [0, 0.05) is 22.0 Å². The number of aromatic nitrogens is 1. The molecule has 0 saturated carbocycles. The first-order valence-electron chi connectivity index (χ1n) is 6.32. The third-order valence-electron chi connectivity index (χ3n) is 2.78. The number of nitrogens with zero attached hydrogens (tertiary/aromatic N) is 1. The average molecular weight is 293 g/mol. The summed E-state index contributed by atoms with van der Waals surface area (Å²) in [6.45, 7) is 5.16. The summed E-state index contributed by atoms with van der Waals surface area (Å²) >= 11 is 7.78. The second-order valence-corrected chi connectivity index (χ2v) is 5.75. The summed E-state index contributed by atoms with van der Waals surface area (Å²) < 4.78 is 0. The van der Waals surface area contributed by atoms with Crippen molar-refractivity contribution in [1.29, 1.82) is 0 Å². The summed E-state index contributed by atoms with van der Waals surface area (Å²) in [7, 11) is 0. The quantitative estimate of drug-likeness (QED) is 0.874. The van der Waals surface area contributed by atoms with E-state index in [2.05, 4.69) is 36.3 Å². The molecule has 1 unspecified atom stereocenters. The Morgan fingerprint density at radius 3 is 2.68 bits per heavy atom. The molecule has 19 heavy (non-hydrogen) atoms. The predicted molar refractivity (Wildman–Crippen MR) is 81.9 cm³/mol. The molecular weight excluding hydrogens is 276 g/mol. The summed E-state index contributed by atoms with van der Waals surface area (Å²) in [4.78, 5) is 6.65. The third-order valence-corrected chi connectivity index (χ3v) is 4.27. The van der Waals surface area contributed by atoms with Crippen LogP contribution in [0.2, 0.25) is 5.02 Å². The summed E-state index contributed by atoms with van der Waals surface area (Å²) in [5.74, 6) is 0. The van der Waals surface area contributed by atoms with Crippen LogP contribution in [0.3, 0.4) is 0 Å². The van der Waals surface area contributed by atoms with Gasteiger partial charge in [-0.2, -0.15) is 0 Å². The number of nitrogens with one attached hydrogen (secondary N) is 1. The number of rotatable bonds is 5. The lowest BCUT2D eigenvalue weighted by molar-refractivity contribution is 0.582. The van der Waals surface area contributed by atoms with Gasteiger partial charge in [0.15, 0.2) is 0 Å². The number of benzene rings is 1. The Kier molecular flexibility index (Phi) is 5.25. The molecule has 1 aromatic carbocycles. The minimum absolute atomic E-state index is 0.282. The van der Waals surface area contributed by atoms with Crippen molar-refractivity contribution in [1.82, 2.24) is 10.3 Å². The fraction of sp³-hybridized carbons (Fsp3) is 0.267. The maximum absolute atomic E-state index is 6.15. The van der Waals surface area contributed by atoms with Gasteiger partial charge in [-0.15, -0.1) is 0 Å². The Bertz CT molecular complexity index is 528. The maximum Gasteiger partial charge on any atom is 0.0571 e. The minimum atomic E-state index is 0.282. The van der Waals surface area contributed by atoms with Crippen molar-refractivity contribution in [3.05, 3.63) is 53.3 Å². The van der Waals surface area contributed by atoms with Gasteiger partial charge in [0.2, 0.25) is 0 Å². The van der Waals surface area contributed by atoms with Crippen LogP contribution in [-0.2, 0) is 0 Å². The molecule has 0 aliphatic heterocycles. The summed E-state index contributed by atoms with van der Waals surface area (Å²) in [6, 6.07) is 12.3. The fourth-order valence-corrected chi connectivity index (χ4v) is 2.83. The van der Waals surface area contributed by atoms with Crippen molar-refractivity contribution in [2.24, 2.45) is 0 Å². The van der Waals surface area contributed by atoms with E-state index in [0.29, 0.717) is 0 Å². The van der Waals surface area contributed by atoms with Crippen LogP contribution in [0.4, 0.5) is 0 Å². The molecule has 4 heteroatoms. The van der Waals surface area contributed by atoms with Crippen molar-refractivity contribution in [3.8, 4) is 0 Å². The first-order valence-corrected chi connectivity index (χ1v) is 7.52. The first-order chi connectivity index (χ1) is 9.20. The number of halogens is 1. The zero-order valence-corrected chi connectivity index (χ0v) is 12.6. The molecule has 2 aromatic rings. The van der Waals surface area contributed by atoms with Crippen LogP contribution in [0.5, 0.6) is 0 Å². The van der Waals surface area contributed by atoms with Crippen molar-refractivity contribution in [2.45, 2.75) is 29.7 Å². The summed E-state index contributed by atoms with van der Waals surface area (Å²) in [6.07, 6.45) is 1.90. The molecular formula is C15H17ClN2S. The number of hydrogen-bond acceptors (Lipinski definition) is 3. The van der Waals surface area contributed by atoms with Gasteiger partial charge in [-0.3, -0.25) is 4.98 Å². The van der Waals surface area contributed by atoms with E-state index in [1.807, 2.05) is 30.5 Å². The Morgan fingerprint density at radius 2 is 2.05 bits per heavy atom. The molecule has 0 bridgehead atoms. The van der Waals surface area contributed by atoms with Gasteiger partial charge in [0.25, 0.3) is 0 Å². The van der Waals surface area contributed by atoms with Crippen LogP contribution < -0.4 is 5.32 Å². The Balaban J connectivity index is 2.09. The van der Waals surface area contributed by atoms with E-state index in [1.165, 1.54) is 0 Å². The highest BCUT2D eigenvalue weighted by Crippen LogP contribution is 2.32. The van der Waals surface area contributed by atoms with Gasteiger partial charge in [-0.25, -0.2) is 0 Å². The van der Waals surface area contributed by atoms with Crippen molar-refractivity contribution in [2.75, 3.05) is 6.54 Å². The standard InChI is InChI=1S/C15H17ClN2S/c1-3-17-11(2)14-9-8-12(10-18-14)19-15-7-5-4-6-13(15)16/h4-11,17H,3H2,1-2H3. The van der Waals surface area contributed by atoms with Gasteiger partial charge < -0.3 is 5.32 Å². The molecule has 1 heterocycles. The largest absolute Gasteiger partial charge is 0.309 e. The van der Waals surface area contributed by atoms with E-state index in [-0.39, 0.29) is 6.04 Å². The van der Waals surface area contributed by atoms with Gasteiger partial charge in [-0.05, 0) is 37.7 Å². The second-order valence-electron chi connectivity index (χ2n) is 4.23. The van der Waals surface area contributed by atoms with E-state index in [0.717, 1.165) is 27.1 Å². The van der Waals surface area contributed by atoms with Gasteiger partial charge in [0.05, 0.1) is 10.7 Å². The first kappa shape index (κ1) is 14.4. The Hall–Kier alpha value is -1.03.